The highest BCUT2D eigenvalue weighted by Gasteiger charge is 2.22. The topological polar surface area (TPSA) is 34.9 Å². The van der Waals surface area contributed by atoms with Crippen LogP contribution in [0.4, 0.5) is 4.39 Å². The monoisotopic (exact) mass is 202 g/mol. The zero-order valence-electron chi connectivity index (χ0n) is 7.77. The molecule has 2 aromatic rings. The molecule has 0 radical (unpaired) electrons. The Balaban J connectivity index is 2.19. The number of carbonyl (C=O) groups is 1. The minimum Gasteiger partial charge on any atom is -0.326 e. The Morgan fingerprint density at radius 2 is 2.20 bits per heavy atom. The molecular weight excluding hydrogens is 195 g/mol. The summed E-state index contributed by atoms with van der Waals surface area (Å²) in [5, 5.41) is 0. The Labute approximate surface area is 85.2 Å². The van der Waals surface area contributed by atoms with E-state index in [0.29, 0.717) is 12.4 Å². The molecule has 1 aliphatic rings. The van der Waals surface area contributed by atoms with Crippen molar-refractivity contribution in [3.05, 3.63) is 41.7 Å². The average molecular weight is 202 g/mol. The quantitative estimate of drug-likeness (QED) is 0.566. The molecule has 1 aromatic heterocycles. The fraction of sp³-hybridized carbons (Fsp3) is 0.0909. The summed E-state index contributed by atoms with van der Waals surface area (Å²) in [4.78, 5) is 14.5. The Bertz CT molecular complexity index is 559. The summed E-state index contributed by atoms with van der Waals surface area (Å²) in [6, 6.07) is 6.30. The van der Waals surface area contributed by atoms with Crippen LogP contribution in [-0.2, 0) is 6.54 Å². The smallest absolute Gasteiger partial charge is 0.326 e. The van der Waals surface area contributed by atoms with Gasteiger partial charge in [0.05, 0.1) is 0 Å². The number of aromatic nitrogens is 2. The van der Waals surface area contributed by atoms with Crippen LogP contribution in [0.25, 0.3) is 11.4 Å². The molecule has 0 spiro atoms. The van der Waals surface area contributed by atoms with Crippen LogP contribution < -0.4 is 0 Å². The molecule has 3 nitrogen and oxygen atoms in total. The lowest BCUT2D eigenvalue weighted by Crippen LogP contribution is -1.92. The van der Waals surface area contributed by atoms with Crippen molar-refractivity contribution in [2.45, 2.75) is 6.54 Å². The van der Waals surface area contributed by atoms with Gasteiger partial charge in [0.15, 0.2) is 5.69 Å². The van der Waals surface area contributed by atoms with Crippen LogP contribution in [0.5, 0.6) is 0 Å². The van der Waals surface area contributed by atoms with Gasteiger partial charge in [-0.25, -0.2) is 4.98 Å². The number of fused-ring (bicyclic) bond motifs is 3. The number of hydrogen-bond donors (Lipinski definition) is 0. The number of nitrogens with zero attached hydrogens (tertiary/aromatic N) is 2. The summed E-state index contributed by atoms with van der Waals surface area (Å²) in [5.41, 5.74) is 2.02. The first-order valence-corrected chi connectivity index (χ1v) is 4.61. The zero-order chi connectivity index (χ0) is 10.4. The summed E-state index contributed by atoms with van der Waals surface area (Å²) in [5.74, 6) is 0.673. The van der Waals surface area contributed by atoms with Gasteiger partial charge < -0.3 is 4.57 Å². The van der Waals surface area contributed by atoms with E-state index in [4.69, 9.17) is 0 Å². The summed E-state index contributed by atoms with van der Waals surface area (Å²) in [6.07, 6.45) is 1.46. The molecule has 74 valence electrons. The van der Waals surface area contributed by atoms with E-state index < -0.39 is 6.04 Å². The third kappa shape index (κ3) is 1.11. The Morgan fingerprint density at radius 1 is 1.40 bits per heavy atom. The van der Waals surface area contributed by atoms with E-state index in [2.05, 4.69) is 4.98 Å². The largest absolute Gasteiger partial charge is 0.351 e. The average Bonchev–Trinajstić information content (AvgIpc) is 2.73. The molecule has 0 saturated carbocycles. The highest BCUT2D eigenvalue weighted by molar-refractivity contribution is 5.87. The van der Waals surface area contributed by atoms with Crippen LogP contribution in [0.1, 0.15) is 16.1 Å². The molecule has 1 aliphatic heterocycles. The van der Waals surface area contributed by atoms with E-state index in [-0.39, 0.29) is 5.69 Å². The molecule has 0 saturated heterocycles. The van der Waals surface area contributed by atoms with Gasteiger partial charge in [0.2, 0.25) is 0 Å². The third-order valence-corrected chi connectivity index (χ3v) is 2.58. The van der Waals surface area contributed by atoms with Crippen LogP contribution in [0.15, 0.2) is 30.5 Å². The molecule has 0 atom stereocenters. The minimum absolute atomic E-state index is 0.112. The third-order valence-electron chi connectivity index (χ3n) is 2.58. The van der Waals surface area contributed by atoms with E-state index in [1.807, 2.05) is 24.3 Å². The lowest BCUT2D eigenvalue weighted by atomic mass is 10.1. The number of hydrogen-bond acceptors (Lipinski definition) is 2. The molecule has 0 amide bonds. The first-order chi connectivity index (χ1) is 7.25. The lowest BCUT2D eigenvalue weighted by Gasteiger charge is -1.94. The van der Waals surface area contributed by atoms with Gasteiger partial charge in [0.25, 0.3) is 0 Å². The Hall–Kier alpha value is -1.97. The Kier molecular flexibility index (Phi) is 1.54. The van der Waals surface area contributed by atoms with Crippen molar-refractivity contribution in [3.63, 3.8) is 0 Å². The summed E-state index contributed by atoms with van der Waals surface area (Å²) < 4.78 is 14.2. The second kappa shape index (κ2) is 2.76. The molecule has 0 unspecified atom stereocenters. The number of rotatable bonds is 1. The number of benzene rings is 1. The maximum atomic E-state index is 12.4. The molecule has 1 aromatic carbocycles. The first-order valence-electron chi connectivity index (χ1n) is 4.61. The highest BCUT2D eigenvalue weighted by atomic mass is 19.1. The molecule has 2 heterocycles. The van der Waals surface area contributed by atoms with E-state index in [1.165, 1.54) is 6.20 Å². The predicted octanol–water partition coefficient (Wildman–Crippen LogP) is 2.02. The van der Waals surface area contributed by atoms with E-state index >= 15 is 0 Å². The van der Waals surface area contributed by atoms with E-state index in [0.717, 1.165) is 11.1 Å². The molecular formula is C11H7FN2O. The lowest BCUT2D eigenvalue weighted by molar-refractivity contribution is 0.0830. The van der Waals surface area contributed by atoms with Gasteiger partial charge in [-0.2, -0.15) is 4.39 Å². The predicted molar refractivity (Wildman–Crippen MR) is 52.2 cm³/mol. The van der Waals surface area contributed by atoms with Gasteiger partial charge in [-0.15, -0.1) is 0 Å². The highest BCUT2D eigenvalue weighted by Crippen LogP contribution is 2.30. The van der Waals surface area contributed by atoms with Crippen LogP contribution in [0.2, 0.25) is 0 Å². The van der Waals surface area contributed by atoms with Crippen molar-refractivity contribution < 1.29 is 9.18 Å². The van der Waals surface area contributed by atoms with Crippen LogP contribution in [0, 0.1) is 0 Å². The molecule has 4 heteroatoms. The van der Waals surface area contributed by atoms with Crippen LogP contribution >= 0.6 is 0 Å². The second-order valence-electron chi connectivity index (χ2n) is 3.51. The molecule has 0 aliphatic carbocycles. The summed E-state index contributed by atoms with van der Waals surface area (Å²) in [7, 11) is 0. The van der Waals surface area contributed by atoms with Crippen molar-refractivity contribution in [1.29, 1.82) is 0 Å². The number of imidazole rings is 1. The van der Waals surface area contributed by atoms with Crippen LogP contribution in [0.3, 0.4) is 0 Å². The van der Waals surface area contributed by atoms with Crippen molar-refractivity contribution in [2.24, 2.45) is 0 Å². The Morgan fingerprint density at radius 3 is 3.00 bits per heavy atom. The number of halogens is 1. The van der Waals surface area contributed by atoms with E-state index in [1.54, 1.807) is 4.57 Å². The van der Waals surface area contributed by atoms with Gasteiger partial charge in [-0.05, 0) is 5.56 Å². The van der Waals surface area contributed by atoms with Gasteiger partial charge in [-0.3, -0.25) is 4.79 Å². The van der Waals surface area contributed by atoms with Gasteiger partial charge in [-0.1, -0.05) is 24.3 Å². The molecule has 3 rings (SSSR count). The van der Waals surface area contributed by atoms with Crippen molar-refractivity contribution >= 4 is 6.04 Å². The van der Waals surface area contributed by atoms with Crippen molar-refractivity contribution in [3.8, 4) is 11.4 Å². The van der Waals surface area contributed by atoms with Crippen molar-refractivity contribution in [2.75, 3.05) is 0 Å². The van der Waals surface area contributed by atoms with E-state index in [9.17, 15) is 9.18 Å². The standard InChI is InChI=1S/C11H7FN2O/c12-10(15)9-6-14-5-7-3-1-2-4-8(7)11(14)13-9/h1-4,6H,5H2. The van der Waals surface area contributed by atoms with Crippen LogP contribution in [-0.4, -0.2) is 15.6 Å². The fourth-order valence-electron chi connectivity index (χ4n) is 1.91. The summed E-state index contributed by atoms with van der Waals surface area (Å²) >= 11 is 0. The first kappa shape index (κ1) is 8.35. The number of carbonyl (C=O) groups excluding carboxylic acids is 1. The van der Waals surface area contributed by atoms with Crippen molar-refractivity contribution in [1.82, 2.24) is 9.55 Å². The van der Waals surface area contributed by atoms with Gasteiger partial charge in [0.1, 0.15) is 5.82 Å². The minimum atomic E-state index is -1.48. The molecule has 0 N–H and O–H groups in total. The second-order valence-corrected chi connectivity index (χ2v) is 3.51. The van der Waals surface area contributed by atoms with Gasteiger partial charge in [0, 0.05) is 18.3 Å². The summed E-state index contributed by atoms with van der Waals surface area (Å²) in [6.45, 7) is 0.659. The molecule has 15 heavy (non-hydrogen) atoms. The normalized spacial score (nSPS) is 12.3. The molecule has 0 bridgehead atoms. The fourth-order valence-corrected chi connectivity index (χ4v) is 1.91. The maximum Gasteiger partial charge on any atom is 0.351 e. The molecule has 0 fully saturated rings. The SMILES string of the molecule is O=C(F)c1cn2c(n1)-c1ccccc1C2. The van der Waals surface area contributed by atoms with Gasteiger partial charge >= 0.3 is 6.04 Å². The maximum absolute atomic E-state index is 12.4. The zero-order valence-corrected chi connectivity index (χ0v) is 7.77.